The number of morpholine rings is 1. The summed E-state index contributed by atoms with van der Waals surface area (Å²) in [6.07, 6.45) is 2.07. The van der Waals surface area contributed by atoms with Gasteiger partial charge >= 0.3 is 5.97 Å². The Morgan fingerprint density at radius 2 is 1.89 bits per heavy atom. The monoisotopic (exact) mass is 528 g/mol. The van der Waals surface area contributed by atoms with Gasteiger partial charge in [0.25, 0.3) is 6.47 Å². The maximum atomic E-state index is 12.2. The number of aromatic nitrogens is 3. The predicted octanol–water partition coefficient (Wildman–Crippen LogP) is 4.47. The number of fused-ring (bicyclic) bond motifs is 1. The largest absolute Gasteiger partial charge is 0.462 e. The number of benzene rings is 1. The molecule has 200 valence electrons. The number of anilines is 1. The van der Waals surface area contributed by atoms with Crippen molar-refractivity contribution in [2.45, 2.75) is 39.0 Å². The zero-order chi connectivity index (χ0) is 27.0. The molecule has 1 aliphatic heterocycles. The molecule has 0 amide bonds. The first-order valence-corrected chi connectivity index (χ1v) is 13.6. The van der Waals surface area contributed by atoms with E-state index in [0.29, 0.717) is 37.8 Å². The highest BCUT2D eigenvalue weighted by molar-refractivity contribution is 7.97. The van der Waals surface area contributed by atoms with Crippen molar-refractivity contribution >= 4 is 40.9 Å². The molecule has 1 saturated heterocycles. The standard InChI is InChI=1S/C22H26N4O3S.C5H10O2/c1-4-29-22(27)19-12-16-11-15(5-6-18(16)25(19)2)21-23-17(14-30-3)13-20(24-21)26-7-9-28-10-8-26;1-5(2,3)7-4-6/h5-6,11-13H,4,7-10,14H2,1-3H3;4H,1-3H3. The van der Waals surface area contributed by atoms with Crippen LogP contribution in [-0.4, -0.2) is 71.7 Å². The first kappa shape index (κ1) is 28.5. The number of nitrogens with zero attached hydrogens (tertiary/aromatic N) is 4. The number of carbonyl (C=O) groups excluding carboxylic acids is 2. The van der Waals surface area contributed by atoms with Gasteiger partial charge in [0.15, 0.2) is 5.82 Å². The van der Waals surface area contributed by atoms with Crippen molar-refractivity contribution in [2.75, 3.05) is 44.1 Å². The number of thioether (sulfide) groups is 1. The quantitative estimate of drug-likeness (QED) is 0.325. The Bertz CT molecular complexity index is 1220. The highest BCUT2D eigenvalue weighted by atomic mass is 32.2. The minimum Gasteiger partial charge on any atom is -0.462 e. The van der Waals surface area contributed by atoms with Crippen molar-refractivity contribution in [2.24, 2.45) is 7.05 Å². The molecule has 3 aromatic rings. The third-order valence-corrected chi connectivity index (χ3v) is 6.16. The summed E-state index contributed by atoms with van der Waals surface area (Å²) in [5.41, 5.74) is 3.13. The summed E-state index contributed by atoms with van der Waals surface area (Å²) >= 11 is 1.74. The number of ether oxygens (including phenoxy) is 3. The molecular formula is C27H36N4O5S. The summed E-state index contributed by atoms with van der Waals surface area (Å²) in [5.74, 6) is 2.15. The van der Waals surface area contributed by atoms with Crippen LogP contribution in [0.15, 0.2) is 30.3 Å². The fraction of sp³-hybridized carbons (Fsp3) is 0.481. The van der Waals surface area contributed by atoms with Crippen LogP contribution in [0.25, 0.3) is 22.3 Å². The number of rotatable bonds is 7. The van der Waals surface area contributed by atoms with Gasteiger partial charge in [0.2, 0.25) is 0 Å². The molecular weight excluding hydrogens is 492 g/mol. The van der Waals surface area contributed by atoms with Crippen LogP contribution in [0.5, 0.6) is 0 Å². The van der Waals surface area contributed by atoms with Gasteiger partial charge in [-0.1, -0.05) is 0 Å². The van der Waals surface area contributed by atoms with Crippen molar-refractivity contribution in [3.63, 3.8) is 0 Å². The Kier molecular flexibility index (Phi) is 9.93. The van der Waals surface area contributed by atoms with Crippen molar-refractivity contribution in [3.05, 3.63) is 41.7 Å². The number of aryl methyl sites for hydroxylation is 1. The number of hydrogen-bond donors (Lipinski definition) is 0. The molecule has 0 unspecified atom stereocenters. The molecule has 1 aliphatic rings. The van der Waals surface area contributed by atoms with Crippen LogP contribution >= 0.6 is 11.8 Å². The van der Waals surface area contributed by atoms with Crippen LogP contribution in [0.1, 0.15) is 43.9 Å². The van der Waals surface area contributed by atoms with Crippen molar-refractivity contribution in [3.8, 4) is 11.4 Å². The molecule has 0 radical (unpaired) electrons. The van der Waals surface area contributed by atoms with Gasteiger partial charge in [-0.3, -0.25) is 4.79 Å². The molecule has 1 aromatic carbocycles. The van der Waals surface area contributed by atoms with Gasteiger partial charge < -0.3 is 23.7 Å². The molecule has 2 aromatic heterocycles. The van der Waals surface area contributed by atoms with Gasteiger partial charge in [-0.2, -0.15) is 11.8 Å². The van der Waals surface area contributed by atoms with E-state index in [1.165, 1.54) is 0 Å². The van der Waals surface area contributed by atoms with Gasteiger partial charge in [-0.25, -0.2) is 14.8 Å². The van der Waals surface area contributed by atoms with Crippen molar-refractivity contribution in [1.29, 1.82) is 0 Å². The van der Waals surface area contributed by atoms with E-state index in [1.54, 1.807) is 11.8 Å². The fourth-order valence-electron chi connectivity index (χ4n) is 3.82. The molecule has 0 spiro atoms. The van der Waals surface area contributed by atoms with Crippen LogP contribution in [0, 0.1) is 0 Å². The third kappa shape index (κ3) is 7.69. The Morgan fingerprint density at radius 1 is 1.16 bits per heavy atom. The summed E-state index contributed by atoms with van der Waals surface area (Å²) in [5, 5.41) is 0.963. The Balaban J connectivity index is 0.000000479. The minimum absolute atomic E-state index is 0.314. The number of esters is 1. The summed E-state index contributed by atoms with van der Waals surface area (Å²) in [4.78, 5) is 33.7. The van der Waals surface area contributed by atoms with Crippen molar-refractivity contribution < 1.29 is 23.8 Å². The first-order valence-electron chi connectivity index (χ1n) is 12.2. The van der Waals surface area contributed by atoms with E-state index in [1.807, 2.05) is 63.6 Å². The Hall–Kier alpha value is -3.11. The zero-order valence-corrected chi connectivity index (χ0v) is 23.3. The smallest absolute Gasteiger partial charge is 0.354 e. The van der Waals surface area contributed by atoms with E-state index < -0.39 is 0 Å². The fourth-order valence-corrected chi connectivity index (χ4v) is 4.27. The second-order valence-electron chi connectivity index (χ2n) is 9.48. The second-order valence-corrected chi connectivity index (χ2v) is 10.3. The van der Waals surface area contributed by atoms with Crippen molar-refractivity contribution in [1.82, 2.24) is 14.5 Å². The first-order chi connectivity index (χ1) is 17.7. The Labute approximate surface area is 222 Å². The van der Waals surface area contributed by atoms with Crippen LogP contribution in [0.2, 0.25) is 0 Å². The van der Waals surface area contributed by atoms with E-state index in [2.05, 4.69) is 22.0 Å². The number of hydrogen-bond acceptors (Lipinski definition) is 9. The molecule has 0 atom stereocenters. The zero-order valence-electron chi connectivity index (χ0n) is 22.4. The molecule has 0 aliphatic carbocycles. The van der Waals surface area contributed by atoms with Gasteiger partial charge in [0.1, 0.15) is 17.1 Å². The summed E-state index contributed by atoms with van der Waals surface area (Å²) in [6.45, 7) is 11.2. The van der Waals surface area contributed by atoms with Crippen LogP contribution in [0.3, 0.4) is 0 Å². The van der Waals surface area contributed by atoms with Crippen LogP contribution < -0.4 is 4.90 Å². The van der Waals surface area contributed by atoms with Gasteiger partial charge in [-0.05, 0) is 58.2 Å². The summed E-state index contributed by atoms with van der Waals surface area (Å²) < 4.78 is 17.1. The normalized spacial score (nSPS) is 13.6. The molecule has 3 heterocycles. The SMILES string of the molecule is CC(C)(C)OC=O.CCOC(=O)c1cc2cc(-c3nc(CSC)cc(N4CCOCC4)n3)ccc2n1C. The Morgan fingerprint density at radius 3 is 2.49 bits per heavy atom. The molecule has 9 nitrogen and oxygen atoms in total. The lowest BCUT2D eigenvalue weighted by Gasteiger charge is -2.28. The summed E-state index contributed by atoms with van der Waals surface area (Å²) in [7, 11) is 1.88. The predicted molar refractivity (Wildman–Crippen MR) is 147 cm³/mol. The third-order valence-electron chi connectivity index (χ3n) is 5.58. The maximum Gasteiger partial charge on any atom is 0.354 e. The molecule has 1 fully saturated rings. The molecule has 0 saturated carbocycles. The molecule has 4 rings (SSSR count). The lowest BCUT2D eigenvalue weighted by molar-refractivity contribution is -0.138. The van der Waals surface area contributed by atoms with E-state index in [-0.39, 0.29) is 11.6 Å². The molecule has 10 heteroatoms. The summed E-state index contributed by atoms with van der Waals surface area (Å²) in [6, 6.07) is 10.0. The van der Waals surface area contributed by atoms with E-state index >= 15 is 0 Å². The van der Waals surface area contributed by atoms with E-state index in [9.17, 15) is 9.59 Å². The average Bonchev–Trinajstić information content (AvgIpc) is 3.20. The topological polar surface area (TPSA) is 95.8 Å². The minimum atomic E-state index is -0.318. The lowest BCUT2D eigenvalue weighted by atomic mass is 10.1. The van der Waals surface area contributed by atoms with Gasteiger partial charge in [-0.15, -0.1) is 0 Å². The lowest BCUT2D eigenvalue weighted by Crippen LogP contribution is -2.37. The second kappa shape index (κ2) is 12.9. The average molecular weight is 529 g/mol. The maximum absolute atomic E-state index is 12.2. The van der Waals surface area contributed by atoms with Crippen LogP contribution in [0.4, 0.5) is 5.82 Å². The molecule has 37 heavy (non-hydrogen) atoms. The number of carbonyl (C=O) groups is 2. The highest BCUT2D eigenvalue weighted by Gasteiger charge is 2.18. The van der Waals surface area contributed by atoms with Gasteiger partial charge in [0.05, 0.1) is 25.5 Å². The van der Waals surface area contributed by atoms with Crippen LogP contribution in [-0.2, 0) is 31.8 Å². The van der Waals surface area contributed by atoms with E-state index in [4.69, 9.17) is 19.4 Å². The highest BCUT2D eigenvalue weighted by Crippen LogP contribution is 2.27. The molecule has 0 N–H and O–H groups in total. The van der Waals surface area contributed by atoms with Gasteiger partial charge in [0, 0.05) is 48.4 Å². The molecule has 0 bridgehead atoms. The van der Waals surface area contributed by atoms with E-state index in [0.717, 1.165) is 46.8 Å².